The Kier molecular flexibility index (Phi) is 5.65. The van der Waals surface area contributed by atoms with Gasteiger partial charge in [-0.25, -0.2) is 0 Å². The third-order valence-electron chi connectivity index (χ3n) is 1.29. The smallest absolute Gasteiger partial charge is 0.286 e. The van der Waals surface area contributed by atoms with E-state index in [9.17, 15) is 4.57 Å². The molecule has 0 aliphatic rings. The summed E-state index contributed by atoms with van der Waals surface area (Å²) in [6.45, 7) is 1.86. The highest BCUT2D eigenvalue weighted by molar-refractivity contribution is 8.11. The second kappa shape index (κ2) is 4.96. The molecule has 0 N–H and O–H groups in total. The second-order valence-electron chi connectivity index (χ2n) is 2.34. The first kappa shape index (κ1) is 13.7. The third-order valence-corrected chi connectivity index (χ3v) is 7.20. The summed E-state index contributed by atoms with van der Waals surface area (Å²) in [6.07, 6.45) is 0.773. The molecule has 0 aliphatic heterocycles. The average molecular weight is 292 g/mol. The molecule has 0 rings (SSSR count). The third kappa shape index (κ3) is 4.26. The lowest BCUT2D eigenvalue weighted by Gasteiger charge is -2.22. The van der Waals surface area contributed by atoms with Gasteiger partial charge in [-0.05, 0) is 28.9 Å². The van der Waals surface area contributed by atoms with Crippen LogP contribution in [0.25, 0.3) is 0 Å². The molecule has 0 radical (unpaired) electrons. The molecule has 0 saturated carbocycles. The van der Waals surface area contributed by atoms with Gasteiger partial charge in [-0.1, -0.05) is 30.1 Å². The molecule has 12 heavy (non-hydrogen) atoms. The fraction of sp³-hybridized carbons (Fsp3) is 1.00. The molecule has 1 atom stereocenters. The minimum Gasteiger partial charge on any atom is -0.286 e. The van der Waals surface area contributed by atoms with Crippen molar-refractivity contribution in [3.63, 3.8) is 0 Å². The van der Waals surface area contributed by atoms with E-state index in [1.54, 1.807) is 0 Å². The first-order valence-corrected chi connectivity index (χ1v) is 7.93. The number of rotatable bonds is 4. The zero-order valence-electron chi connectivity index (χ0n) is 6.24. The molecule has 0 amide bonds. The Hall–Kier alpha value is 1.68. The minimum atomic E-state index is -3.54. The lowest BCUT2D eigenvalue weighted by atomic mass is 10.3. The van der Waals surface area contributed by atoms with Crippen molar-refractivity contribution < 1.29 is 4.57 Å². The van der Waals surface area contributed by atoms with E-state index in [1.165, 1.54) is 0 Å². The van der Waals surface area contributed by atoms with Crippen LogP contribution in [0.1, 0.15) is 19.8 Å². The van der Waals surface area contributed by atoms with Crippen molar-refractivity contribution in [2.75, 3.05) is 0 Å². The van der Waals surface area contributed by atoms with Gasteiger partial charge in [0, 0.05) is 11.8 Å². The molecule has 0 aromatic rings. The molecule has 0 aromatic carbocycles. The largest absolute Gasteiger partial charge is 0.287 e. The summed E-state index contributed by atoms with van der Waals surface area (Å²) < 4.78 is 9.46. The van der Waals surface area contributed by atoms with Crippen LogP contribution in [0.15, 0.2) is 0 Å². The SMILES string of the molecule is CCC(Cl)CC(Cl)(Cl)P(=O)(Cl)Cl. The number of alkyl halides is 3. The average Bonchev–Trinajstić information content (AvgIpc) is 1.84. The molecule has 1 nitrogen and oxygen atoms in total. The van der Waals surface area contributed by atoms with Gasteiger partial charge in [0.05, 0.1) is 0 Å². The second-order valence-corrected chi connectivity index (χ2v) is 10.0. The monoisotopic (exact) mass is 290 g/mol. The predicted molar refractivity (Wildman–Crippen MR) is 58.3 cm³/mol. The standard InChI is InChI=1S/C5H8Cl5OP/c1-2-4(6)3-5(7,8)12(9,10)11/h4H,2-3H2,1H3. The molecule has 0 fully saturated rings. The molecule has 0 aliphatic carbocycles. The topological polar surface area (TPSA) is 17.1 Å². The van der Waals surface area contributed by atoms with Crippen molar-refractivity contribution >= 4 is 63.1 Å². The molecule has 74 valence electrons. The normalized spacial score (nSPS) is 16.2. The molecular weight excluding hydrogens is 284 g/mol. The maximum Gasteiger partial charge on any atom is 0.287 e. The van der Waals surface area contributed by atoms with Gasteiger partial charge in [0.1, 0.15) is 0 Å². The Labute approximate surface area is 96.6 Å². The van der Waals surface area contributed by atoms with E-state index in [1.807, 2.05) is 6.92 Å². The number of halogens is 5. The van der Waals surface area contributed by atoms with E-state index in [-0.39, 0.29) is 11.8 Å². The highest BCUT2D eigenvalue weighted by atomic mass is 35.9. The van der Waals surface area contributed by atoms with Gasteiger partial charge in [-0.3, -0.25) is 4.57 Å². The molecule has 1 unspecified atom stereocenters. The number of hydrogen-bond donors (Lipinski definition) is 0. The zero-order valence-corrected chi connectivity index (χ0v) is 10.9. The Morgan fingerprint density at radius 1 is 1.42 bits per heavy atom. The van der Waals surface area contributed by atoms with Gasteiger partial charge >= 0.3 is 0 Å². The van der Waals surface area contributed by atoms with Crippen LogP contribution in [0.3, 0.4) is 0 Å². The van der Waals surface area contributed by atoms with E-state index < -0.39 is 9.92 Å². The maximum absolute atomic E-state index is 11.1. The van der Waals surface area contributed by atoms with Crippen LogP contribution in [-0.2, 0) is 4.57 Å². The van der Waals surface area contributed by atoms with Gasteiger partial charge < -0.3 is 0 Å². The lowest BCUT2D eigenvalue weighted by Crippen LogP contribution is -2.14. The van der Waals surface area contributed by atoms with E-state index in [4.69, 9.17) is 57.3 Å². The van der Waals surface area contributed by atoms with E-state index >= 15 is 0 Å². The summed E-state index contributed by atoms with van der Waals surface area (Å²) in [6, 6.07) is 0. The molecule has 0 saturated heterocycles. The highest BCUT2D eigenvalue weighted by Crippen LogP contribution is 2.72. The lowest BCUT2D eigenvalue weighted by molar-refractivity contribution is 0.583. The molecule has 0 heterocycles. The van der Waals surface area contributed by atoms with Crippen molar-refractivity contribution in [2.45, 2.75) is 29.2 Å². The Morgan fingerprint density at radius 2 is 1.83 bits per heavy atom. The van der Waals surface area contributed by atoms with Crippen LogP contribution in [0.5, 0.6) is 0 Å². The van der Waals surface area contributed by atoms with E-state index in [0.29, 0.717) is 6.42 Å². The van der Waals surface area contributed by atoms with Crippen LogP contribution < -0.4 is 0 Å². The van der Waals surface area contributed by atoms with Crippen LogP contribution in [-0.4, -0.2) is 9.45 Å². The van der Waals surface area contributed by atoms with Crippen molar-refractivity contribution in [3.8, 4) is 0 Å². The van der Waals surface area contributed by atoms with Gasteiger partial charge in [0.25, 0.3) is 5.85 Å². The first-order valence-electron chi connectivity index (χ1n) is 3.22. The predicted octanol–water partition coefficient (Wildman–Crippen LogP) is 5.20. The fourth-order valence-electron chi connectivity index (χ4n) is 0.517. The summed E-state index contributed by atoms with van der Waals surface area (Å²) in [5.74, 6) is -3.54. The van der Waals surface area contributed by atoms with Crippen molar-refractivity contribution in [3.05, 3.63) is 0 Å². The number of hydrogen-bond acceptors (Lipinski definition) is 1. The van der Waals surface area contributed by atoms with Gasteiger partial charge in [0.15, 0.2) is 4.07 Å². The fourth-order valence-corrected chi connectivity index (χ4v) is 2.23. The van der Waals surface area contributed by atoms with Gasteiger partial charge in [0.2, 0.25) is 0 Å². The molecule has 7 heteroatoms. The molecule has 0 spiro atoms. The van der Waals surface area contributed by atoms with Crippen LogP contribution >= 0.6 is 63.1 Å². The van der Waals surface area contributed by atoms with Crippen molar-refractivity contribution in [1.29, 1.82) is 0 Å². The Balaban J connectivity index is 4.33. The summed E-state index contributed by atoms with van der Waals surface area (Å²) in [5.41, 5.74) is 0. The van der Waals surface area contributed by atoms with Crippen molar-refractivity contribution in [2.24, 2.45) is 0 Å². The van der Waals surface area contributed by atoms with Crippen LogP contribution in [0.2, 0.25) is 0 Å². The summed E-state index contributed by atoms with van der Waals surface area (Å²) in [4.78, 5) is 0. The maximum atomic E-state index is 11.1. The molecule has 0 aromatic heterocycles. The van der Waals surface area contributed by atoms with Gasteiger partial charge in [-0.2, -0.15) is 0 Å². The quantitative estimate of drug-likeness (QED) is 0.514. The zero-order chi connectivity index (χ0) is 9.99. The Bertz CT molecular complexity index is 188. The summed E-state index contributed by atoms with van der Waals surface area (Å²) in [5, 5.41) is -0.272. The van der Waals surface area contributed by atoms with Crippen molar-refractivity contribution in [1.82, 2.24) is 0 Å². The molecule has 0 bridgehead atoms. The Morgan fingerprint density at radius 3 is 2.08 bits per heavy atom. The summed E-state index contributed by atoms with van der Waals surface area (Å²) in [7, 11) is 0. The minimum absolute atomic E-state index is 0.110. The van der Waals surface area contributed by atoms with Gasteiger partial charge in [-0.15, -0.1) is 11.6 Å². The van der Waals surface area contributed by atoms with E-state index in [0.717, 1.165) is 0 Å². The van der Waals surface area contributed by atoms with Crippen LogP contribution in [0.4, 0.5) is 0 Å². The first-order chi connectivity index (χ1) is 5.20. The summed E-state index contributed by atoms with van der Waals surface area (Å²) >= 11 is 27.7. The van der Waals surface area contributed by atoms with E-state index in [2.05, 4.69) is 0 Å². The highest BCUT2D eigenvalue weighted by Gasteiger charge is 2.43. The van der Waals surface area contributed by atoms with Crippen LogP contribution in [0, 0.1) is 0 Å². The molecular formula is C5H8Cl5OP.